The van der Waals surface area contributed by atoms with Crippen LogP contribution in [0.25, 0.3) is 6.08 Å². The van der Waals surface area contributed by atoms with Gasteiger partial charge in [-0.1, -0.05) is 6.08 Å². The quantitative estimate of drug-likeness (QED) is 0.733. The lowest BCUT2D eigenvalue weighted by molar-refractivity contribution is 0.245. The molecule has 1 unspecified atom stereocenters. The molecule has 0 bridgehead atoms. The van der Waals surface area contributed by atoms with Gasteiger partial charge in [-0.2, -0.15) is 0 Å². The molecule has 1 aromatic heterocycles. The van der Waals surface area contributed by atoms with Crippen molar-refractivity contribution in [3.8, 4) is 0 Å². The van der Waals surface area contributed by atoms with Gasteiger partial charge in [-0.05, 0) is 19.9 Å². The number of hydrogen-bond donors (Lipinski definition) is 1. The van der Waals surface area contributed by atoms with E-state index >= 15 is 0 Å². The van der Waals surface area contributed by atoms with Crippen LogP contribution in [-0.2, 0) is 0 Å². The van der Waals surface area contributed by atoms with Crippen LogP contribution in [0.5, 0.6) is 0 Å². The van der Waals surface area contributed by atoms with Gasteiger partial charge in [-0.15, -0.1) is 11.3 Å². The summed E-state index contributed by atoms with van der Waals surface area (Å²) in [6, 6.07) is 0. The van der Waals surface area contributed by atoms with Crippen LogP contribution in [0.15, 0.2) is 11.5 Å². The second kappa shape index (κ2) is 3.64. The van der Waals surface area contributed by atoms with Crippen molar-refractivity contribution in [2.45, 2.75) is 20.0 Å². The molecule has 0 fully saturated rings. The normalized spacial score (nSPS) is 14.1. The Morgan fingerprint density at radius 1 is 1.73 bits per heavy atom. The number of aliphatic hydroxyl groups excluding tert-OH is 1. The van der Waals surface area contributed by atoms with Crippen LogP contribution in [0.1, 0.15) is 17.6 Å². The van der Waals surface area contributed by atoms with E-state index in [0.29, 0.717) is 0 Å². The summed E-state index contributed by atoms with van der Waals surface area (Å²) in [5.41, 5.74) is 0.924. The number of aromatic nitrogens is 1. The molecule has 11 heavy (non-hydrogen) atoms. The standard InChI is InChI=1S/C8H11NOS/c1-6(10)3-4-8-5-11-7(2)9-8/h3-6,10H,1-2H3/b4-3+. The molecule has 1 rings (SSSR count). The van der Waals surface area contributed by atoms with E-state index in [2.05, 4.69) is 4.98 Å². The minimum absolute atomic E-state index is 0.392. The predicted molar refractivity (Wildman–Crippen MR) is 47.6 cm³/mol. The summed E-state index contributed by atoms with van der Waals surface area (Å²) >= 11 is 1.61. The molecule has 1 heterocycles. The number of thiazole rings is 1. The molecular formula is C8H11NOS. The number of aryl methyl sites for hydroxylation is 1. The van der Waals surface area contributed by atoms with Gasteiger partial charge in [-0.25, -0.2) is 4.98 Å². The van der Waals surface area contributed by atoms with Crippen molar-refractivity contribution in [2.75, 3.05) is 0 Å². The Labute approximate surface area is 70.2 Å². The Hall–Kier alpha value is -0.670. The Kier molecular flexibility index (Phi) is 2.79. The van der Waals surface area contributed by atoms with E-state index in [-0.39, 0.29) is 0 Å². The van der Waals surface area contributed by atoms with E-state index in [0.717, 1.165) is 10.7 Å². The van der Waals surface area contributed by atoms with Gasteiger partial charge < -0.3 is 5.11 Å². The Morgan fingerprint density at radius 3 is 2.91 bits per heavy atom. The molecule has 0 spiro atoms. The van der Waals surface area contributed by atoms with E-state index in [4.69, 9.17) is 5.11 Å². The molecule has 0 aliphatic heterocycles. The van der Waals surface area contributed by atoms with Gasteiger partial charge in [0.25, 0.3) is 0 Å². The lowest BCUT2D eigenvalue weighted by atomic mass is 10.3. The highest BCUT2D eigenvalue weighted by atomic mass is 32.1. The highest BCUT2D eigenvalue weighted by molar-refractivity contribution is 7.09. The molecule has 0 aliphatic rings. The fraction of sp³-hybridized carbons (Fsp3) is 0.375. The molecule has 1 atom stereocenters. The molecule has 1 N–H and O–H groups in total. The summed E-state index contributed by atoms with van der Waals surface area (Å²) in [5, 5.41) is 11.9. The van der Waals surface area contributed by atoms with Gasteiger partial charge in [0.1, 0.15) is 0 Å². The first-order valence-corrected chi connectivity index (χ1v) is 4.35. The first kappa shape index (κ1) is 8.43. The fourth-order valence-electron chi connectivity index (χ4n) is 0.695. The molecular weight excluding hydrogens is 158 g/mol. The highest BCUT2D eigenvalue weighted by Gasteiger charge is 1.92. The SMILES string of the molecule is Cc1nc(/C=C/C(C)O)cs1. The van der Waals surface area contributed by atoms with E-state index in [1.807, 2.05) is 18.4 Å². The number of aliphatic hydroxyl groups is 1. The van der Waals surface area contributed by atoms with E-state index < -0.39 is 6.10 Å². The van der Waals surface area contributed by atoms with Crippen molar-refractivity contribution >= 4 is 17.4 Å². The molecule has 1 aromatic rings. The van der Waals surface area contributed by atoms with Gasteiger partial charge in [-0.3, -0.25) is 0 Å². The minimum atomic E-state index is -0.392. The fourth-order valence-corrected chi connectivity index (χ4v) is 1.28. The first-order valence-electron chi connectivity index (χ1n) is 3.47. The summed E-state index contributed by atoms with van der Waals surface area (Å²) in [6.07, 6.45) is 3.15. The summed E-state index contributed by atoms with van der Waals surface area (Å²) in [5.74, 6) is 0. The van der Waals surface area contributed by atoms with Crippen LogP contribution >= 0.6 is 11.3 Å². The maximum Gasteiger partial charge on any atom is 0.0901 e. The van der Waals surface area contributed by atoms with E-state index in [1.165, 1.54) is 0 Å². The van der Waals surface area contributed by atoms with Crippen molar-refractivity contribution in [2.24, 2.45) is 0 Å². The summed E-state index contributed by atoms with van der Waals surface area (Å²) in [6.45, 7) is 3.68. The molecule has 0 radical (unpaired) electrons. The molecule has 0 saturated carbocycles. The predicted octanol–water partition coefficient (Wildman–Crippen LogP) is 1.85. The van der Waals surface area contributed by atoms with Crippen LogP contribution in [-0.4, -0.2) is 16.2 Å². The van der Waals surface area contributed by atoms with Crippen LogP contribution in [0.4, 0.5) is 0 Å². The van der Waals surface area contributed by atoms with Gasteiger partial charge in [0.15, 0.2) is 0 Å². The first-order chi connectivity index (χ1) is 5.18. The lowest BCUT2D eigenvalue weighted by Crippen LogP contribution is -1.91. The molecule has 0 amide bonds. The Morgan fingerprint density at radius 2 is 2.45 bits per heavy atom. The average Bonchev–Trinajstić information content (AvgIpc) is 2.31. The Balaban J connectivity index is 2.64. The van der Waals surface area contributed by atoms with Crippen LogP contribution in [0, 0.1) is 6.92 Å². The van der Waals surface area contributed by atoms with E-state index in [1.54, 1.807) is 24.3 Å². The largest absolute Gasteiger partial charge is 0.389 e. The second-order valence-electron chi connectivity index (χ2n) is 2.39. The minimum Gasteiger partial charge on any atom is -0.389 e. The second-order valence-corrected chi connectivity index (χ2v) is 3.45. The summed E-state index contributed by atoms with van der Waals surface area (Å²) in [4.78, 5) is 4.20. The Bertz CT molecular complexity index is 252. The van der Waals surface area contributed by atoms with Crippen molar-refractivity contribution in [1.29, 1.82) is 0 Å². The zero-order valence-electron chi connectivity index (χ0n) is 6.61. The van der Waals surface area contributed by atoms with Gasteiger partial charge in [0.2, 0.25) is 0 Å². The molecule has 2 nitrogen and oxygen atoms in total. The third-order valence-electron chi connectivity index (χ3n) is 1.18. The zero-order valence-corrected chi connectivity index (χ0v) is 7.43. The molecule has 60 valence electrons. The summed E-state index contributed by atoms with van der Waals surface area (Å²) in [7, 11) is 0. The summed E-state index contributed by atoms with van der Waals surface area (Å²) < 4.78 is 0. The monoisotopic (exact) mass is 169 g/mol. The molecule has 0 saturated heterocycles. The highest BCUT2D eigenvalue weighted by Crippen LogP contribution is 2.09. The van der Waals surface area contributed by atoms with Gasteiger partial charge in [0, 0.05) is 5.38 Å². The van der Waals surface area contributed by atoms with Gasteiger partial charge >= 0.3 is 0 Å². The molecule has 3 heteroatoms. The zero-order chi connectivity index (χ0) is 8.27. The molecule has 0 aliphatic carbocycles. The van der Waals surface area contributed by atoms with E-state index in [9.17, 15) is 0 Å². The number of hydrogen-bond acceptors (Lipinski definition) is 3. The lowest BCUT2D eigenvalue weighted by Gasteiger charge is -1.90. The smallest absolute Gasteiger partial charge is 0.0901 e. The maximum atomic E-state index is 8.91. The maximum absolute atomic E-state index is 8.91. The van der Waals surface area contributed by atoms with Crippen molar-refractivity contribution in [1.82, 2.24) is 4.98 Å². The number of rotatable bonds is 2. The third kappa shape index (κ3) is 2.82. The topological polar surface area (TPSA) is 33.1 Å². The van der Waals surface area contributed by atoms with Crippen LogP contribution < -0.4 is 0 Å². The number of nitrogens with zero attached hydrogens (tertiary/aromatic N) is 1. The van der Waals surface area contributed by atoms with Crippen LogP contribution in [0.2, 0.25) is 0 Å². The average molecular weight is 169 g/mol. The van der Waals surface area contributed by atoms with Crippen molar-refractivity contribution in [3.63, 3.8) is 0 Å². The molecule has 0 aromatic carbocycles. The van der Waals surface area contributed by atoms with Gasteiger partial charge in [0.05, 0.1) is 16.8 Å². The van der Waals surface area contributed by atoms with Crippen molar-refractivity contribution < 1.29 is 5.11 Å². The van der Waals surface area contributed by atoms with Crippen LogP contribution in [0.3, 0.4) is 0 Å². The third-order valence-corrected chi connectivity index (χ3v) is 1.97. The van der Waals surface area contributed by atoms with Crippen molar-refractivity contribution in [3.05, 3.63) is 22.2 Å².